The number of nitrogens with zero attached hydrogens (tertiary/aromatic N) is 2. The Kier molecular flexibility index (Phi) is 2.24. The van der Waals surface area contributed by atoms with E-state index in [-0.39, 0.29) is 5.75 Å². The molecule has 94 valence electrons. The first kappa shape index (κ1) is 11.3. The van der Waals surface area contributed by atoms with E-state index < -0.39 is 5.60 Å². The van der Waals surface area contributed by atoms with Gasteiger partial charge in [-0.05, 0) is 32.4 Å². The average Bonchev–Trinajstić information content (AvgIpc) is 2.27. The highest BCUT2D eigenvalue weighted by Crippen LogP contribution is 2.37. The van der Waals surface area contributed by atoms with Gasteiger partial charge < -0.3 is 9.84 Å². The van der Waals surface area contributed by atoms with Crippen LogP contribution in [0.15, 0.2) is 22.1 Å². The minimum absolute atomic E-state index is 0.221. The standard InChI is InChI=1S/C14H16N2O2/c1-8-6-9(17)7-10-11(8)12-13(14(2,3)18-10)16-5-4-15-12/h6-7,17H,4-5H2,1-3H3. The molecule has 0 bridgehead atoms. The highest BCUT2D eigenvalue weighted by molar-refractivity contribution is 6.52. The molecule has 1 N–H and O–H groups in total. The Labute approximate surface area is 106 Å². The van der Waals surface area contributed by atoms with Gasteiger partial charge in [-0.1, -0.05) is 0 Å². The molecule has 2 aliphatic heterocycles. The van der Waals surface area contributed by atoms with E-state index in [1.165, 1.54) is 0 Å². The summed E-state index contributed by atoms with van der Waals surface area (Å²) >= 11 is 0. The van der Waals surface area contributed by atoms with E-state index in [9.17, 15) is 5.11 Å². The molecule has 0 fully saturated rings. The molecule has 0 atom stereocenters. The maximum absolute atomic E-state index is 9.69. The quantitative estimate of drug-likeness (QED) is 0.760. The molecule has 18 heavy (non-hydrogen) atoms. The Balaban J connectivity index is 2.28. The maximum atomic E-state index is 9.69. The Bertz CT molecular complexity index is 586. The third-order valence-electron chi connectivity index (χ3n) is 3.32. The lowest BCUT2D eigenvalue weighted by molar-refractivity contribution is 0.179. The molecule has 0 radical (unpaired) electrons. The highest BCUT2D eigenvalue weighted by Gasteiger charge is 2.39. The monoisotopic (exact) mass is 244 g/mol. The first-order valence-electron chi connectivity index (χ1n) is 6.12. The van der Waals surface area contributed by atoms with E-state index in [0.717, 1.165) is 29.1 Å². The van der Waals surface area contributed by atoms with Crippen molar-refractivity contribution < 1.29 is 9.84 Å². The zero-order valence-corrected chi connectivity index (χ0v) is 10.8. The summed E-state index contributed by atoms with van der Waals surface area (Å²) in [5.74, 6) is 0.913. The van der Waals surface area contributed by atoms with E-state index >= 15 is 0 Å². The van der Waals surface area contributed by atoms with Crippen LogP contribution in [0.1, 0.15) is 25.0 Å². The topological polar surface area (TPSA) is 54.2 Å². The number of fused-ring (bicyclic) bond motifs is 3. The molecule has 1 aromatic carbocycles. The molecule has 2 aliphatic rings. The third-order valence-corrected chi connectivity index (χ3v) is 3.32. The predicted molar refractivity (Wildman–Crippen MR) is 71.3 cm³/mol. The third kappa shape index (κ3) is 1.52. The van der Waals surface area contributed by atoms with Crippen molar-refractivity contribution >= 4 is 11.4 Å². The van der Waals surface area contributed by atoms with Gasteiger partial charge in [0.2, 0.25) is 0 Å². The molecule has 4 heteroatoms. The summed E-state index contributed by atoms with van der Waals surface area (Å²) in [4.78, 5) is 9.17. The van der Waals surface area contributed by atoms with Crippen molar-refractivity contribution in [3.63, 3.8) is 0 Å². The van der Waals surface area contributed by atoms with Crippen LogP contribution in [0.2, 0.25) is 0 Å². The number of hydrogen-bond acceptors (Lipinski definition) is 4. The molecule has 4 nitrogen and oxygen atoms in total. The van der Waals surface area contributed by atoms with Crippen LogP contribution in [0, 0.1) is 6.92 Å². The molecule has 0 aliphatic carbocycles. The van der Waals surface area contributed by atoms with Crippen LogP contribution in [-0.2, 0) is 0 Å². The number of hydrogen-bond donors (Lipinski definition) is 1. The fourth-order valence-electron chi connectivity index (χ4n) is 2.59. The largest absolute Gasteiger partial charge is 0.508 e. The van der Waals surface area contributed by atoms with Crippen LogP contribution in [0.4, 0.5) is 0 Å². The summed E-state index contributed by atoms with van der Waals surface area (Å²) in [7, 11) is 0. The highest BCUT2D eigenvalue weighted by atomic mass is 16.5. The number of aliphatic imine (C=N–C) groups is 2. The van der Waals surface area contributed by atoms with Gasteiger partial charge in [-0.15, -0.1) is 0 Å². The van der Waals surface area contributed by atoms with Crippen LogP contribution in [0.25, 0.3) is 0 Å². The van der Waals surface area contributed by atoms with E-state index in [2.05, 4.69) is 9.98 Å². The second-order valence-electron chi connectivity index (χ2n) is 5.21. The number of rotatable bonds is 0. The van der Waals surface area contributed by atoms with Gasteiger partial charge in [0.25, 0.3) is 0 Å². The van der Waals surface area contributed by atoms with Crippen molar-refractivity contribution in [3.8, 4) is 11.5 Å². The fourth-order valence-corrected chi connectivity index (χ4v) is 2.59. The zero-order chi connectivity index (χ0) is 12.9. The van der Waals surface area contributed by atoms with Gasteiger partial charge >= 0.3 is 0 Å². The lowest BCUT2D eigenvalue weighted by atomic mass is 9.87. The second-order valence-corrected chi connectivity index (χ2v) is 5.21. The molecule has 0 aromatic heterocycles. The molecular weight excluding hydrogens is 228 g/mol. The fraction of sp³-hybridized carbons (Fsp3) is 0.429. The Morgan fingerprint density at radius 1 is 1.22 bits per heavy atom. The van der Waals surface area contributed by atoms with Gasteiger partial charge in [-0.3, -0.25) is 9.98 Å². The Morgan fingerprint density at radius 2 is 1.94 bits per heavy atom. The number of benzene rings is 1. The number of phenols is 1. The van der Waals surface area contributed by atoms with Gasteiger partial charge in [-0.2, -0.15) is 0 Å². The number of aromatic hydroxyl groups is 1. The summed E-state index contributed by atoms with van der Waals surface area (Å²) in [5, 5.41) is 9.69. The van der Waals surface area contributed by atoms with Crippen molar-refractivity contribution in [2.45, 2.75) is 26.4 Å². The molecule has 0 saturated heterocycles. The molecule has 3 rings (SSSR count). The van der Waals surface area contributed by atoms with Crippen LogP contribution < -0.4 is 4.74 Å². The average molecular weight is 244 g/mol. The molecular formula is C14H16N2O2. The van der Waals surface area contributed by atoms with Crippen molar-refractivity contribution in [2.75, 3.05) is 13.1 Å². The van der Waals surface area contributed by atoms with Crippen LogP contribution in [0.3, 0.4) is 0 Å². The number of phenolic OH excluding ortho intramolecular Hbond substituents is 1. The number of aryl methyl sites for hydroxylation is 1. The van der Waals surface area contributed by atoms with Crippen molar-refractivity contribution in [2.24, 2.45) is 9.98 Å². The number of ether oxygens (including phenoxy) is 1. The van der Waals surface area contributed by atoms with E-state index in [1.54, 1.807) is 12.1 Å². The molecule has 0 spiro atoms. The Hall–Kier alpha value is -1.84. The minimum atomic E-state index is -0.494. The maximum Gasteiger partial charge on any atom is 0.147 e. The molecule has 1 aromatic rings. The lowest BCUT2D eigenvalue weighted by Crippen LogP contribution is -2.48. The normalized spacial score (nSPS) is 20.2. The van der Waals surface area contributed by atoms with Crippen molar-refractivity contribution in [1.29, 1.82) is 0 Å². The van der Waals surface area contributed by atoms with Gasteiger partial charge in [0.1, 0.15) is 22.8 Å². The summed E-state index contributed by atoms with van der Waals surface area (Å²) < 4.78 is 5.98. The van der Waals surface area contributed by atoms with E-state index in [0.29, 0.717) is 12.3 Å². The Morgan fingerprint density at radius 3 is 2.72 bits per heavy atom. The van der Waals surface area contributed by atoms with E-state index in [1.807, 2.05) is 20.8 Å². The summed E-state index contributed by atoms with van der Waals surface area (Å²) in [6.07, 6.45) is 0. The first-order valence-corrected chi connectivity index (χ1v) is 6.12. The zero-order valence-electron chi connectivity index (χ0n) is 10.8. The van der Waals surface area contributed by atoms with Crippen molar-refractivity contribution in [1.82, 2.24) is 0 Å². The van der Waals surface area contributed by atoms with Crippen LogP contribution in [-0.4, -0.2) is 35.2 Å². The molecule has 2 heterocycles. The van der Waals surface area contributed by atoms with Crippen LogP contribution >= 0.6 is 0 Å². The van der Waals surface area contributed by atoms with Gasteiger partial charge in [-0.25, -0.2) is 0 Å². The molecule has 0 unspecified atom stereocenters. The summed E-state index contributed by atoms with van der Waals surface area (Å²) in [6, 6.07) is 3.38. The van der Waals surface area contributed by atoms with Gasteiger partial charge in [0.15, 0.2) is 0 Å². The lowest BCUT2D eigenvalue weighted by Gasteiger charge is -2.36. The first-order chi connectivity index (χ1) is 8.49. The summed E-state index contributed by atoms with van der Waals surface area (Å²) in [5.41, 5.74) is 3.27. The molecule has 0 saturated carbocycles. The SMILES string of the molecule is Cc1cc(O)cc2c1C1=NCCN=C1C(C)(C)O2. The van der Waals surface area contributed by atoms with Gasteiger partial charge in [0, 0.05) is 11.6 Å². The van der Waals surface area contributed by atoms with E-state index in [4.69, 9.17) is 4.74 Å². The predicted octanol–water partition coefficient (Wildman–Crippen LogP) is 2.12. The van der Waals surface area contributed by atoms with Crippen LogP contribution in [0.5, 0.6) is 11.5 Å². The minimum Gasteiger partial charge on any atom is -0.508 e. The summed E-state index contributed by atoms with van der Waals surface area (Å²) in [6.45, 7) is 7.35. The van der Waals surface area contributed by atoms with Crippen molar-refractivity contribution in [3.05, 3.63) is 23.3 Å². The molecule has 0 amide bonds. The second kappa shape index (κ2) is 3.57. The van der Waals surface area contributed by atoms with Gasteiger partial charge in [0.05, 0.1) is 18.8 Å². The smallest absolute Gasteiger partial charge is 0.147 e.